The Morgan fingerprint density at radius 1 is 1.00 bits per heavy atom. The van der Waals surface area contributed by atoms with Gasteiger partial charge < -0.3 is 0 Å². The molecule has 0 amide bonds. The number of nitrogens with zero attached hydrogens (tertiary/aromatic N) is 2. The molecule has 0 spiro atoms. The van der Waals surface area contributed by atoms with Gasteiger partial charge in [0.25, 0.3) is 0 Å². The Morgan fingerprint density at radius 2 is 1.40 bits per heavy atom. The van der Waals surface area contributed by atoms with E-state index in [0.717, 1.165) is 10.6 Å². The average molecular weight is 210 g/mol. The molecular formula is C6H8N2NaSe. The predicted octanol–water partition coefficient (Wildman–Crippen LogP) is 0.974. The normalized spacial score (nSPS) is 7.00. The summed E-state index contributed by atoms with van der Waals surface area (Å²) in [5.41, 5.74) is 0. The van der Waals surface area contributed by atoms with Gasteiger partial charge in [0.2, 0.25) is 0 Å². The van der Waals surface area contributed by atoms with Crippen LogP contribution in [0.25, 0.3) is 0 Å². The standard InChI is InChI=1S/C6H8N2Se.Na/c7-3-1-5-9-6-2-4-8;/h1-2,5-6H2;. The topological polar surface area (TPSA) is 47.6 Å². The average Bonchev–Trinajstić information content (AvgIpc) is 1.89. The molecule has 1 radical (unpaired) electrons. The summed E-state index contributed by atoms with van der Waals surface area (Å²) in [4.78, 5) is 0. The molecule has 0 aromatic rings. The van der Waals surface area contributed by atoms with Gasteiger partial charge in [0.05, 0.1) is 0 Å². The van der Waals surface area contributed by atoms with Crippen LogP contribution >= 0.6 is 0 Å². The van der Waals surface area contributed by atoms with Crippen LogP contribution in [0.15, 0.2) is 0 Å². The Bertz CT molecular complexity index is 120. The van der Waals surface area contributed by atoms with Gasteiger partial charge in [-0.25, -0.2) is 0 Å². The van der Waals surface area contributed by atoms with E-state index in [9.17, 15) is 0 Å². The third-order valence-electron chi connectivity index (χ3n) is 0.716. The van der Waals surface area contributed by atoms with E-state index in [1.807, 2.05) is 0 Å². The number of rotatable bonds is 4. The Kier molecular flexibility index (Phi) is 16.0. The third kappa shape index (κ3) is 11.3. The van der Waals surface area contributed by atoms with Crippen molar-refractivity contribution >= 4 is 44.5 Å². The molecule has 0 bridgehead atoms. The summed E-state index contributed by atoms with van der Waals surface area (Å²) in [5, 5.41) is 18.2. The van der Waals surface area contributed by atoms with E-state index in [-0.39, 0.29) is 29.6 Å². The van der Waals surface area contributed by atoms with E-state index in [1.165, 1.54) is 0 Å². The van der Waals surface area contributed by atoms with Crippen LogP contribution in [-0.2, 0) is 0 Å². The van der Waals surface area contributed by atoms with Crippen molar-refractivity contribution in [2.75, 3.05) is 0 Å². The van der Waals surface area contributed by atoms with E-state index in [2.05, 4.69) is 12.1 Å². The van der Waals surface area contributed by atoms with Gasteiger partial charge in [-0.15, -0.1) is 0 Å². The molecule has 0 aliphatic carbocycles. The van der Waals surface area contributed by atoms with Gasteiger partial charge in [0.1, 0.15) is 0 Å². The SMILES string of the molecule is N#CCC[Se]CCC#N.[Na]. The molecule has 0 heterocycles. The van der Waals surface area contributed by atoms with Crippen LogP contribution in [0.4, 0.5) is 0 Å². The molecule has 0 saturated heterocycles. The minimum atomic E-state index is 0. The molecule has 0 aliphatic rings. The minimum absolute atomic E-state index is 0. The first-order valence-corrected chi connectivity index (χ1v) is 5.15. The Morgan fingerprint density at radius 3 is 1.70 bits per heavy atom. The van der Waals surface area contributed by atoms with Crippen LogP contribution in [0.5, 0.6) is 0 Å². The first-order valence-electron chi connectivity index (χ1n) is 2.73. The first-order chi connectivity index (χ1) is 4.41. The van der Waals surface area contributed by atoms with E-state index in [0.29, 0.717) is 27.8 Å². The van der Waals surface area contributed by atoms with Crippen molar-refractivity contribution < 1.29 is 0 Å². The van der Waals surface area contributed by atoms with Gasteiger partial charge in [-0.2, -0.15) is 0 Å². The monoisotopic (exact) mass is 211 g/mol. The minimum Gasteiger partial charge on any atom is 0 e. The van der Waals surface area contributed by atoms with Crippen molar-refractivity contribution in [1.29, 1.82) is 10.5 Å². The van der Waals surface area contributed by atoms with Crippen LogP contribution in [0.3, 0.4) is 0 Å². The van der Waals surface area contributed by atoms with E-state index >= 15 is 0 Å². The summed E-state index contributed by atoms with van der Waals surface area (Å²) < 4.78 is 0. The molecule has 0 saturated carbocycles. The number of nitriles is 2. The van der Waals surface area contributed by atoms with E-state index < -0.39 is 0 Å². The maximum Gasteiger partial charge on any atom is 0 e. The molecule has 0 unspecified atom stereocenters. The molecule has 0 aliphatic heterocycles. The Hall–Kier alpha value is 0.499. The zero-order valence-corrected chi connectivity index (χ0v) is 9.84. The molecule has 0 N–H and O–H groups in total. The van der Waals surface area contributed by atoms with E-state index in [1.54, 1.807) is 0 Å². The second-order valence-electron chi connectivity index (χ2n) is 1.43. The fourth-order valence-corrected chi connectivity index (χ4v) is 1.75. The summed E-state index contributed by atoms with van der Waals surface area (Å²) in [6.07, 6.45) is 1.32. The quantitative estimate of drug-likeness (QED) is 0.512. The molecule has 49 valence electrons. The summed E-state index contributed by atoms with van der Waals surface area (Å²) in [5.74, 6) is 0. The third-order valence-corrected chi connectivity index (χ3v) is 2.78. The van der Waals surface area contributed by atoms with Crippen molar-refractivity contribution in [3.63, 3.8) is 0 Å². The molecule has 0 atom stereocenters. The summed E-state index contributed by atoms with van der Waals surface area (Å²) in [6.45, 7) is 0. The van der Waals surface area contributed by atoms with E-state index in [4.69, 9.17) is 10.5 Å². The van der Waals surface area contributed by atoms with Crippen LogP contribution in [0, 0.1) is 22.7 Å². The fraction of sp³-hybridized carbons (Fsp3) is 0.667. The van der Waals surface area contributed by atoms with Crippen LogP contribution in [0.2, 0.25) is 10.6 Å². The second kappa shape index (κ2) is 12.2. The zero-order chi connectivity index (χ0) is 6.95. The smallest absolute Gasteiger partial charge is 0 e. The van der Waals surface area contributed by atoms with Gasteiger partial charge in [-0.1, -0.05) is 0 Å². The largest absolute Gasteiger partial charge is 0 e. The van der Waals surface area contributed by atoms with Crippen molar-refractivity contribution in [3.8, 4) is 12.1 Å². The van der Waals surface area contributed by atoms with Gasteiger partial charge in [-0.05, 0) is 0 Å². The predicted molar refractivity (Wildman–Crippen MR) is 41.6 cm³/mol. The molecule has 0 aromatic carbocycles. The summed E-state index contributed by atoms with van der Waals surface area (Å²) in [7, 11) is 0. The maximum atomic E-state index is 8.12. The zero-order valence-electron chi connectivity index (χ0n) is 6.13. The Balaban J connectivity index is 0. The van der Waals surface area contributed by atoms with Gasteiger partial charge >= 0.3 is 61.1 Å². The second-order valence-corrected chi connectivity index (χ2v) is 4.00. The number of hydrogen-bond donors (Lipinski definition) is 0. The molecule has 4 heteroatoms. The molecule has 0 fully saturated rings. The fourth-order valence-electron chi connectivity index (χ4n) is 0.338. The van der Waals surface area contributed by atoms with Crippen LogP contribution in [-0.4, -0.2) is 44.5 Å². The molecular weight excluding hydrogens is 202 g/mol. The molecule has 0 rings (SSSR count). The summed E-state index contributed by atoms with van der Waals surface area (Å²) >= 11 is 0.533. The molecule has 10 heavy (non-hydrogen) atoms. The summed E-state index contributed by atoms with van der Waals surface area (Å²) in [6, 6.07) is 4.15. The molecule has 2 nitrogen and oxygen atoms in total. The Labute approximate surface area is 90.0 Å². The van der Waals surface area contributed by atoms with Crippen molar-refractivity contribution in [2.45, 2.75) is 23.5 Å². The van der Waals surface area contributed by atoms with Gasteiger partial charge in [0, 0.05) is 29.6 Å². The van der Waals surface area contributed by atoms with Gasteiger partial charge in [0.15, 0.2) is 0 Å². The van der Waals surface area contributed by atoms with Crippen molar-refractivity contribution in [1.82, 2.24) is 0 Å². The van der Waals surface area contributed by atoms with Crippen molar-refractivity contribution in [3.05, 3.63) is 0 Å². The van der Waals surface area contributed by atoms with Gasteiger partial charge in [-0.3, -0.25) is 0 Å². The van der Waals surface area contributed by atoms with Crippen LogP contribution in [0.1, 0.15) is 12.8 Å². The number of hydrogen-bond acceptors (Lipinski definition) is 2. The van der Waals surface area contributed by atoms with Crippen LogP contribution < -0.4 is 0 Å². The molecule has 0 aromatic heterocycles. The first kappa shape index (κ1) is 13.1. The maximum absolute atomic E-state index is 8.12. The van der Waals surface area contributed by atoms with Crippen molar-refractivity contribution in [2.24, 2.45) is 0 Å².